The summed E-state index contributed by atoms with van der Waals surface area (Å²) < 4.78 is 31.4. The Morgan fingerprint density at radius 3 is 2.45 bits per heavy atom. The number of carbonyl (C=O) groups is 1. The Bertz CT molecular complexity index is 1210. The lowest BCUT2D eigenvalue weighted by Crippen LogP contribution is -2.23. The highest BCUT2D eigenvalue weighted by atomic mass is 32.2. The highest BCUT2D eigenvalue weighted by Gasteiger charge is 2.19. The second kappa shape index (κ2) is 10.1. The number of aromatic nitrogens is 1. The van der Waals surface area contributed by atoms with E-state index in [4.69, 9.17) is 4.42 Å². The normalized spacial score (nSPS) is 15.1. The molecule has 4 rings (SSSR count). The molecule has 0 unspecified atom stereocenters. The van der Waals surface area contributed by atoms with Gasteiger partial charge in [0.05, 0.1) is 10.6 Å². The van der Waals surface area contributed by atoms with Crippen molar-refractivity contribution in [2.75, 3.05) is 43.2 Å². The van der Waals surface area contributed by atoms with Crippen LogP contribution in [0.4, 0.5) is 11.4 Å². The Kier molecular flexibility index (Phi) is 7.26. The minimum absolute atomic E-state index is 0.129. The van der Waals surface area contributed by atoms with E-state index in [1.807, 2.05) is 24.3 Å². The van der Waals surface area contributed by atoms with Gasteiger partial charge in [0, 0.05) is 38.6 Å². The van der Waals surface area contributed by atoms with Gasteiger partial charge in [-0.3, -0.25) is 4.79 Å². The molecule has 0 aliphatic carbocycles. The molecule has 8 nitrogen and oxygen atoms in total. The van der Waals surface area contributed by atoms with E-state index in [9.17, 15) is 13.2 Å². The van der Waals surface area contributed by atoms with Crippen molar-refractivity contribution in [3.05, 3.63) is 42.5 Å². The van der Waals surface area contributed by atoms with Crippen LogP contribution in [0.25, 0.3) is 11.1 Å². The van der Waals surface area contributed by atoms with Crippen molar-refractivity contribution in [3.8, 4) is 0 Å². The first-order valence-corrected chi connectivity index (χ1v) is 13.4. The zero-order chi connectivity index (χ0) is 23.4. The maximum absolute atomic E-state index is 12.4. The van der Waals surface area contributed by atoms with Gasteiger partial charge in [0.25, 0.3) is 5.22 Å². The minimum Gasteiger partial charge on any atom is -0.431 e. The smallest absolute Gasteiger partial charge is 0.257 e. The largest absolute Gasteiger partial charge is 0.431 e. The highest BCUT2D eigenvalue weighted by Crippen LogP contribution is 2.27. The average Bonchev–Trinajstić information content (AvgIpc) is 3.01. The molecule has 2 heterocycles. The van der Waals surface area contributed by atoms with Crippen molar-refractivity contribution in [1.29, 1.82) is 0 Å². The predicted octanol–water partition coefficient (Wildman–Crippen LogP) is 4.19. The number of nitrogens with one attached hydrogen (secondary N) is 1. The number of rotatable bonds is 7. The molecule has 0 spiro atoms. The molecule has 1 aliphatic rings. The lowest BCUT2D eigenvalue weighted by Gasteiger charge is -2.22. The van der Waals surface area contributed by atoms with Crippen LogP contribution in [0.1, 0.15) is 25.7 Å². The number of fused-ring (bicyclic) bond motifs is 1. The van der Waals surface area contributed by atoms with Gasteiger partial charge >= 0.3 is 0 Å². The van der Waals surface area contributed by atoms with E-state index in [0.29, 0.717) is 16.3 Å². The molecule has 0 bridgehead atoms. The summed E-state index contributed by atoms with van der Waals surface area (Å²) in [5, 5.41) is 3.21. The number of sulfonamides is 1. The number of amides is 1. The van der Waals surface area contributed by atoms with Gasteiger partial charge in [0.2, 0.25) is 15.9 Å². The third-order valence-electron chi connectivity index (χ3n) is 5.57. The summed E-state index contributed by atoms with van der Waals surface area (Å²) in [6, 6.07) is 12.5. The molecule has 1 aromatic heterocycles. The molecule has 1 aliphatic heterocycles. The fourth-order valence-corrected chi connectivity index (χ4v) is 5.29. The summed E-state index contributed by atoms with van der Waals surface area (Å²) in [6.07, 6.45) is 5.02. The van der Waals surface area contributed by atoms with Crippen LogP contribution in [0.15, 0.2) is 57.0 Å². The van der Waals surface area contributed by atoms with Gasteiger partial charge < -0.3 is 14.6 Å². The first kappa shape index (κ1) is 23.6. The van der Waals surface area contributed by atoms with E-state index in [1.54, 1.807) is 6.07 Å². The first-order chi connectivity index (χ1) is 15.8. The van der Waals surface area contributed by atoms with Crippen LogP contribution in [0.2, 0.25) is 0 Å². The molecule has 1 saturated heterocycles. The van der Waals surface area contributed by atoms with Gasteiger partial charge in [0.15, 0.2) is 5.58 Å². The number of thioether (sulfide) groups is 1. The van der Waals surface area contributed by atoms with Gasteiger partial charge in [-0.05, 0) is 55.3 Å². The van der Waals surface area contributed by atoms with Crippen molar-refractivity contribution in [2.24, 2.45) is 0 Å². The summed E-state index contributed by atoms with van der Waals surface area (Å²) in [5.41, 5.74) is 2.84. The van der Waals surface area contributed by atoms with Crippen LogP contribution < -0.4 is 10.2 Å². The molecule has 1 N–H and O–H groups in total. The fraction of sp³-hybridized carbons (Fsp3) is 0.391. The van der Waals surface area contributed by atoms with Crippen LogP contribution in [0, 0.1) is 0 Å². The number of benzene rings is 2. The molecule has 0 atom stereocenters. The molecule has 1 fully saturated rings. The Morgan fingerprint density at radius 1 is 1.09 bits per heavy atom. The lowest BCUT2D eigenvalue weighted by molar-refractivity contribution is -0.113. The van der Waals surface area contributed by atoms with Gasteiger partial charge in [0.1, 0.15) is 5.52 Å². The van der Waals surface area contributed by atoms with E-state index in [0.717, 1.165) is 34.8 Å². The van der Waals surface area contributed by atoms with Crippen molar-refractivity contribution < 1.29 is 17.6 Å². The Labute approximate surface area is 198 Å². The Balaban J connectivity index is 1.34. The average molecular weight is 489 g/mol. The number of carbonyl (C=O) groups excluding carboxylic acids is 1. The van der Waals surface area contributed by atoms with Crippen molar-refractivity contribution in [3.63, 3.8) is 0 Å². The lowest BCUT2D eigenvalue weighted by atomic mass is 10.2. The third kappa shape index (κ3) is 5.69. The number of hydrogen-bond donors (Lipinski definition) is 1. The maximum Gasteiger partial charge on any atom is 0.257 e. The predicted molar refractivity (Wildman–Crippen MR) is 131 cm³/mol. The van der Waals surface area contributed by atoms with E-state index in [-0.39, 0.29) is 16.6 Å². The van der Waals surface area contributed by atoms with Crippen LogP contribution in [-0.4, -0.2) is 56.6 Å². The molecular formula is C23H28N4O4S2. The summed E-state index contributed by atoms with van der Waals surface area (Å²) in [7, 11) is -0.600. The van der Waals surface area contributed by atoms with Crippen LogP contribution in [0.3, 0.4) is 0 Å². The molecule has 3 aromatic rings. The van der Waals surface area contributed by atoms with Gasteiger partial charge in [-0.1, -0.05) is 24.6 Å². The van der Waals surface area contributed by atoms with Crippen LogP contribution >= 0.6 is 11.8 Å². The molecule has 2 aromatic carbocycles. The highest BCUT2D eigenvalue weighted by molar-refractivity contribution is 7.99. The van der Waals surface area contributed by atoms with E-state index in [1.165, 1.54) is 57.6 Å². The van der Waals surface area contributed by atoms with Gasteiger partial charge in [-0.15, -0.1) is 0 Å². The summed E-state index contributed by atoms with van der Waals surface area (Å²) >= 11 is 1.16. The summed E-state index contributed by atoms with van der Waals surface area (Å²) in [5.74, 6) is -0.0375. The molecule has 0 saturated carbocycles. The number of anilines is 2. The van der Waals surface area contributed by atoms with Crippen LogP contribution in [0.5, 0.6) is 0 Å². The number of oxazole rings is 1. The zero-order valence-corrected chi connectivity index (χ0v) is 20.4. The number of nitrogens with zero attached hydrogens (tertiary/aromatic N) is 3. The van der Waals surface area contributed by atoms with E-state index < -0.39 is 10.0 Å². The first-order valence-electron chi connectivity index (χ1n) is 10.9. The molecule has 0 radical (unpaired) electrons. The topological polar surface area (TPSA) is 95.8 Å². The fourth-order valence-electron chi connectivity index (χ4n) is 3.73. The Morgan fingerprint density at radius 2 is 1.79 bits per heavy atom. The van der Waals surface area contributed by atoms with Crippen molar-refractivity contribution in [2.45, 2.75) is 35.8 Å². The molecule has 33 heavy (non-hydrogen) atoms. The molecule has 10 heteroatoms. The van der Waals surface area contributed by atoms with Crippen molar-refractivity contribution in [1.82, 2.24) is 9.29 Å². The minimum atomic E-state index is -3.55. The summed E-state index contributed by atoms with van der Waals surface area (Å²) in [6.45, 7) is 2.16. The molecule has 1 amide bonds. The maximum atomic E-state index is 12.4. The third-order valence-corrected chi connectivity index (χ3v) is 8.21. The van der Waals surface area contributed by atoms with Gasteiger partial charge in [-0.2, -0.15) is 0 Å². The van der Waals surface area contributed by atoms with Crippen LogP contribution in [-0.2, 0) is 14.8 Å². The van der Waals surface area contributed by atoms with Crippen molar-refractivity contribution >= 4 is 50.2 Å². The summed E-state index contributed by atoms with van der Waals surface area (Å²) in [4.78, 5) is 19.3. The Hall–Kier alpha value is -2.56. The van der Waals surface area contributed by atoms with E-state index in [2.05, 4.69) is 15.2 Å². The van der Waals surface area contributed by atoms with E-state index >= 15 is 0 Å². The molecular weight excluding hydrogens is 460 g/mol. The second-order valence-electron chi connectivity index (χ2n) is 8.18. The second-order valence-corrected chi connectivity index (χ2v) is 11.3. The quantitative estimate of drug-likeness (QED) is 0.498. The zero-order valence-electron chi connectivity index (χ0n) is 18.8. The monoisotopic (exact) mass is 488 g/mol. The standard InChI is InChI=1S/C23H28N4O4S2/c1-26(2)33(29,30)19-11-12-21-20(15-19)25-23(31-21)32-16-22(28)24-17-7-9-18(10-8-17)27-13-5-3-4-6-14-27/h7-12,15H,3-6,13-14,16H2,1-2H3,(H,24,28). The SMILES string of the molecule is CN(C)S(=O)(=O)c1ccc2oc(SCC(=O)Nc3ccc(N4CCCCCC4)cc3)nc2c1. The van der Waals surface area contributed by atoms with Gasteiger partial charge in [-0.25, -0.2) is 17.7 Å². The number of hydrogen-bond acceptors (Lipinski definition) is 7. The molecule has 176 valence electrons.